The Morgan fingerprint density at radius 3 is 2.28 bits per heavy atom. The van der Waals surface area contributed by atoms with Crippen molar-refractivity contribution in [3.63, 3.8) is 0 Å². The summed E-state index contributed by atoms with van der Waals surface area (Å²) in [6, 6.07) is 20.7. The van der Waals surface area contributed by atoms with Crippen LogP contribution in [-0.2, 0) is 6.54 Å². The van der Waals surface area contributed by atoms with Gasteiger partial charge >= 0.3 is 114 Å². The molecule has 0 saturated carbocycles. The summed E-state index contributed by atoms with van der Waals surface area (Å²) < 4.78 is 2.44. The van der Waals surface area contributed by atoms with Crippen molar-refractivity contribution in [1.82, 2.24) is 0 Å². The Morgan fingerprint density at radius 1 is 1.00 bits per heavy atom. The summed E-state index contributed by atoms with van der Waals surface area (Å²) >= 11 is 0.279. The summed E-state index contributed by atoms with van der Waals surface area (Å²) in [5.41, 5.74) is 1.23. The summed E-state index contributed by atoms with van der Waals surface area (Å²) in [6.07, 6.45) is 1.90. The predicted octanol–water partition coefficient (Wildman–Crippen LogP) is 2.80. The second kappa shape index (κ2) is 6.95. The van der Waals surface area contributed by atoms with E-state index in [4.69, 9.17) is 0 Å². The Kier molecular flexibility index (Phi) is 4.95. The first-order valence-electron chi connectivity index (χ1n) is 5.80. The van der Waals surface area contributed by atoms with E-state index in [0.717, 1.165) is 11.0 Å². The van der Waals surface area contributed by atoms with Crippen LogP contribution in [0.4, 0.5) is 0 Å². The maximum atomic E-state index is 4.43. The Hall–Kier alpha value is -1.63. The summed E-state index contributed by atoms with van der Waals surface area (Å²) in [6.45, 7) is 4.79. The SMILES string of the molecule is C=C(C=NCc1ccccc1)[Se]c1ccccc1. The van der Waals surface area contributed by atoms with Crippen LogP contribution in [-0.4, -0.2) is 21.2 Å². The van der Waals surface area contributed by atoms with Crippen LogP contribution >= 0.6 is 0 Å². The molecule has 0 spiro atoms. The van der Waals surface area contributed by atoms with Gasteiger partial charge in [0.1, 0.15) is 0 Å². The molecular weight excluding hydrogens is 285 g/mol. The molecule has 2 aromatic carbocycles. The molecule has 1 nitrogen and oxygen atoms in total. The molecule has 0 fully saturated rings. The van der Waals surface area contributed by atoms with Crippen LogP contribution in [0.2, 0.25) is 0 Å². The predicted molar refractivity (Wildman–Crippen MR) is 79.6 cm³/mol. The monoisotopic (exact) mass is 301 g/mol. The van der Waals surface area contributed by atoms with Crippen LogP contribution in [0.3, 0.4) is 0 Å². The zero-order valence-corrected chi connectivity index (χ0v) is 11.8. The average molecular weight is 300 g/mol. The number of allylic oxidation sites excluding steroid dienone is 1. The molecule has 2 rings (SSSR count). The Labute approximate surface area is 114 Å². The topological polar surface area (TPSA) is 12.4 Å². The van der Waals surface area contributed by atoms with E-state index in [1.54, 1.807) is 0 Å². The number of hydrogen-bond acceptors (Lipinski definition) is 1. The zero-order chi connectivity index (χ0) is 12.6. The second-order valence-electron chi connectivity index (χ2n) is 3.84. The van der Waals surface area contributed by atoms with Crippen molar-refractivity contribution in [2.24, 2.45) is 4.99 Å². The molecule has 0 heterocycles. The number of rotatable bonds is 5. The zero-order valence-electron chi connectivity index (χ0n) is 10.1. The van der Waals surface area contributed by atoms with Crippen molar-refractivity contribution >= 4 is 25.6 Å². The van der Waals surface area contributed by atoms with Gasteiger partial charge in [0.25, 0.3) is 0 Å². The molecule has 2 heteroatoms. The number of benzene rings is 2. The minimum absolute atomic E-state index is 0.279. The normalized spacial score (nSPS) is 10.7. The fourth-order valence-electron chi connectivity index (χ4n) is 1.50. The summed E-state index contributed by atoms with van der Waals surface area (Å²) in [5.74, 6) is 0. The molecule has 0 aliphatic heterocycles. The molecule has 90 valence electrons. The van der Waals surface area contributed by atoms with Gasteiger partial charge in [-0.2, -0.15) is 0 Å². The van der Waals surface area contributed by atoms with Crippen molar-refractivity contribution in [2.75, 3.05) is 0 Å². The molecule has 0 atom stereocenters. The van der Waals surface area contributed by atoms with Gasteiger partial charge in [-0.15, -0.1) is 0 Å². The van der Waals surface area contributed by atoms with Crippen molar-refractivity contribution in [1.29, 1.82) is 0 Å². The number of hydrogen-bond donors (Lipinski definition) is 0. The third-order valence-corrected chi connectivity index (χ3v) is 4.18. The quantitative estimate of drug-likeness (QED) is 0.595. The average Bonchev–Trinajstić information content (AvgIpc) is 2.41. The van der Waals surface area contributed by atoms with E-state index < -0.39 is 0 Å². The van der Waals surface area contributed by atoms with Crippen LogP contribution in [0.5, 0.6) is 0 Å². The minimum atomic E-state index is 0.279. The molecule has 0 amide bonds. The van der Waals surface area contributed by atoms with Gasteiger partial charge in [0, 0.05) is 0 Å². The van der Waals surface area contributed by atoms with Gasteiger partial charge in [-0.3, -0.25) is 0 Å². The van der Waals surface area contributed by atoms with Crippen LogP contribution in [0.15, 0.2) is 76.7 Å². The van der Waals surface area contributed by atoms with E-state index in [-0.39, 0.29) is 15.0 Å². The summed E-state index contributed by atoms with van der Waals surface area (Å²) in [4.78, 5) is 4.43. The Morgan fingerprint density at radius 2 is 1.61 bits per heavy atom. The molecular formula is C16H15NSe. The van der Waals surface area contributed by atoms with Crippen LogP contribution in [0.25, 0.3) is 0 Å². The molecule has 0 saturated heterocycles. The second-order valence-corrected chi connectivity index (χ2v) is 6.35. The van der Waals surface area contributed by atoms with E-state index in [0.29, 0.717) is 0 Å². The van der Waals surface area contributed by atoms with Gasteiger partial charge in [0.2, 0.25) is 0 Å². The van der Waals surface area contributed by atoms with Crippen molar-refractivity contribution in [2.45, 2.75) is 6.54 Å². The summed E-state index contributed by atoms with van der Waals surface area (Å²) in [5, 5.41) is 0. The molecule has 0 aliphatic rings. The molecule has 2 aromatic rings. The molecule has 0 N–H and O–H groups in total. The molecule has 0 radical (unpaired) electrons. The van der Waals surface area contributed by atoms with Crippen LogP contribution < -0.4 is 4.46 Å². The Bertz CT molecular complexity index is 517. The van der Waals surface area contributed by atoms with E-state index in [1.165, 1.54) is 10.0 Å². The number of aliphatic imine (C=N–C) groups is 1. The van der Waals surface area contributed by atoms with E-state index in [9.17, 15) is 0 Å². The van der Waals surface area contributed by atoms with Crippen LogP contribution in [0.1, 0.15) is 5.56 Å². The third kappa shape index (κ3) is 4.32. The molecule has 0 aromatic heterocycles. The molecule has 0 aliphatic carbocycles. The van der Waals surface area contributed by atoms with Gasteiger partial charge in [-0.25, -0.2) is 0 Å². The first kappa shape index (κ1) is 12.8. The maximum absolute atomic E-state index is 4.43. The van der Waals surface area contributed by atoms with Gasteiger partial charge in [-0.05, 0) is 0 Å². The van der Waals surface area contributed by atoms with Gasteiger partial charge in [0.05, 0.1) is 0 Å². The molecule has 0 bridgehead atoms. The Balaban J connectivity index is 1.85. The van der Waals surface area contributed by atoms with Crippen molar-refractivity contribution in [3.8, 4) is 0 Å². The van der Waals surface area contributed by atoms with Crippen LogP contribution in [0, 0.1) is 0 Å². The van der Waals surface area contributed by atoms with E-state index in [1.807, 2.05) is 30.5 Å². The summed E-state index contributed by atoms with van der Waals surface area (Å²) in [7, 11) is 0. The van der Waals surface area contributed by atoms with E-state index >= 15 is 0 Å². The van der Waals surface area contributed by atoms with Crippen molar-refractivity contribution in [3.05, 3.63) is 77.3 Å². The first-order chi connectivity index (χ1) is 8.84. The fourth-order valence-corrected chi connectivity index (χ4v) is 3.02. The third-order valence-electron chi connectivity index (χ3n) is 2.34. The fraction of sp³-hybridized carbons (Fsp3) is 0.0625. The standard InChI is InChI=1S/C16H15NSe/c1-14(18-16-10-6-3-7-11-16)12-17-13-15-8-4-2-5-9-15/h2-12H,1,13H2. The first-order valence-corrected chi connectivity index (χ1v) is 7.51. The van der Waals surface area contributed by atoms with Gasteiger partial charge in [-0.1, -0.05) is 0 Å². The molecule has 0 unspecified atom stereocenters. The van der Waals surface area contributed by atoms with Crippen molar-refractivity contribution < 1.29 is 0 Å². The number of nitrogens with zero attached hydrogens (tertiary/aromatic N) is 1. The van der Waals surface area contributed by atoms with Gasteiger partial charge < -0.3 is 0 Å². The van der Waals surface area contributed by atoms with E-state index in [2.05, 4.69) is 48.0 Å². The molecule has 18 heavy (non-hydrogen) atoms. The van der Waals surface area contributed by atoms with Gasteiger partial charge in [0.15, 0.2) is 0 Å².